The Hall–Kier alpha value is -1.31. The lowest BCUT2D eigenvalue weighted by Crippen LogP contribution is -2.01. The molecule has 0 amide bonds. The zero-order chi connectivity index (χ0) is 12.5. The second-order valence-electron chi connectivity index (χ2n) is 4.94. The van der Waals surface area contributed by atoms with Crippen molar-refractivity contribution in [2.75, 3.05) is 6.54 Å². The maximum Gasteiger partial charge on any atom is 0.0484 e. The van der Waals surface area contributed by atoms with Crippen molar-refractivity contribution in [2.45, 2.75) is 12.3 Å². The molecule has 0 spiro atoms. The fraction of sp³-hybridized carbons (Fsp3) is 0.250. The van der Waals surface area contributed by atoms with Crippen molar-refractivity contribution in [3.05, 3.63) is 59.1 Å². The van der Waals surface area contributed by atoms with Crippen molar-refractivity contribution in [2.24, 2.45) is 11.7 Å². The molecule has 2 heteroatoms. The zero-order valence-corrected chi connectivity index (χ0v) is 10.9. The second-order valence-corrected chi connectivity index (χ2v) is 5.35. The van der Waals surface area contributed by atoms with Crippen LogP contribution in [-0.2, 0) is 0 Å². The van der Waals surface area contributed by atoms with Crippen molar-refractivity contribution in [1.82, 2.24) is 0 Å². The van der Waals surface area contributed by atoms with E-state index in [0.29, 0.717) is 11.8 Å². The standard InChI is InChI=1S/C16H16ClN/c17-16-7-2-1-6-14(16)11-4-3-5-12(8-11)15-9-13(15)10-18/h1-8,13,15H,9-10,18H2/t13-,15-/m0/s1. The van der Waals surface area contributed by atoms with Crippen molar-refractivity contribution >= 4 is 11.6 Å². The normalized spacial score (nSPS) is 21.9. The molecular weight excluding hydrogens is 242 g/mol. The molecule has 2 aromatic carbocycles. The van der Waals surface area contributed by atoms with Gasteiger partial charge in [0, 0.05) is 10.6 Å². The van der Waals surface area contributed by atoms with E-state index in [0.717, 1.165) is 17.1 Å². The van der Waals surface area contributed by atoms with Crippen LogP contribution in [0.5, 0.6) is 0 Å². The lowest BCUT2D eigenvalue weighted by atomic mass is 10.0. The highest BCUT2D eigenvalue weighted by atomic mass is 35.5. The summed E-state index contributed by atoms with van der Waals surface area (Å²) in [5, 5.41) is 0.806. The quantitative estimate of drug-likeness (QED) is 0.881. The first-order valence-corrected chi connectivity index (χ1v) is 6.72. The minimum atomic E-state index is 0.650. The molecule has 0 saturated heterocycles. The molecule has 0 aromatic heterocycles. The summed E-state index contributed by atoms with van der Waals surface area (Å²) in [6.07, 6.45) is 1.22. The molecule has 0 aliphatic heterocycles. The highest BCUT2D eigenvalue weighted by molar-refractivity contribution is 6.33. The van der Waals surface area contributed by atoms with Crippen LogP contribution in [0.25, 0.3) is 11.1 Å². The fourth-order valence-corrected chi connectivity index (χ4v) is 2.79. The van der Waals surface area contributed by atoms with Crippen LogP contribution in [0, 0.1) is 5.92 Å². The molecule has 92 valence electrons. The molecule has 1 saturated carbocycles. The lowest BCUT2D eigenvalue weighted by molar-refractivity contribution is 0.810. The Morgan fingerprint density at radius 1 is 1.11 bits per heavy atom. The number of nitrogens with two attached hydrogens (primary N) is 1. The number of halogens is 1. The molecule has 3 rings (SSSR count). The molecular formula is C16H16ClN. The van der Waals surface area contributed by atoms with E-state index in [1.165, 1.54) is 17.5 Å². The predicted molar refractivity (Wildman–Crippen MR) is 76.8 cm³/mol. The van der Waals surface area contributed by atoms with E-state index >= 15 is 0 Å². The Morgan fingerprint density at radius 3 is 2.67 bits per heavy atom. The average molecular weight is 258 g/mol. The highest BCUT2D eigenvalue weighted by Gasteiger charge is 2.36. The first-order chi connectivity index (χ1) is 8.79. The maximum atomic E-state index is 6.24. The number of hydrogen-bond donors (Lipinski definition) is 1. The van der Waals surface area contributed by atoms with E-state index in [4.69, 9.17) is 17.3 Å². The molecule has 2 N–H and O–H groups in total. The van der Waals surface area contributed by atoms with Gasteiger partial charge in [0.25, 0.3) is 0 Å². The molecule has 0 unspecified atom stereocenters. The molecule has 1 nitrogen and oxygen atoms in total. The third kappa shape index (κ3) is 2.16. The Bertz CT molecular complexity index is 565. The molecule has 0 heterocycles. The first kappa shape index (κ1) is 11.8. The maximum absolute atomic E-state index is 6.24. The second kappa shape index (κ2) is 4.75. The predicted octanol–water partition coefficient (Wildman–Crippen LogP) is 4.07. The van der Waals surface area contributed by atoms with Gasteiger partial charge in [0.2, 0.25) is 0 Å². The number of benzene rings is 2. The summed E-state index contributed by atoms with van der Waals surface area (Å²) in [5.41, 5.74) is 9.40. The molecule has 18 heavy (non-hydrogen) atoms. The van der Waals surface area contributed by atoms with Gasteiger partial charge in [-0.15, -0.1) is 0 Å². The third-order valence-corrected chi connectivity index (χ3v) is 4.05. The average Bonchev–Trinajstić information content (AvgIpc) is 3.19. The Balaban J connectivity index is 1.95. The van der Waals surface area contributed by atoms with Gasteiger partial charge >= 0.3 is 0 Å². The van der Waals surface area contributed by atoms with Gasteiger partial charge in [-0.3, -0.25) is 0 Å². The van der Waals surface area contributed by atoms with Crippen molar-refractivity contribution in [3.63, 3.8) is 0 Å². The minimum Gasteiger partial charge on any atom is -0.330 e. The van der Waals surface area contributed by atoms with E-state index in [2.05, 4.69) is 30.3 Å². The zero-order valence-electron chi connectivity index (χ0n) is 10.1. The summed E-state index contributed by atoms with van der Waals surface area (Å²) in [7, 11) is 0. The van der Waals surface area contributed by atoms with Gasteiger partial charge in [-0.2, -0.15) is 0 Å². The van der Waals surface area contributed by atoms with Crippen LogP contribution in [0.4, 0.5) is 0 Å². The van der Waals surface area contributed by atoms with Gasteiger partial charge in [-0.25, -0.2) is 0 Å². The Morgan fingerprint density at radius 2 is 1.94 bits per heavy atom. The topological polar surface area (TPSA) is 26.0 Å². The van der Waals surface area contributed by atoms with Crippen LogP contribution >= 0.6 is 11.6 Å². The molecule has 0 bridgehead atoms. The van der Waals surface area contributed by atoms with Gasteiger partial charge in [-0.05, 0) is 42.0 Å². The SMILES string of the molecule is NC[C@@H]1C[C@H]1c1cccc(-c2ccccc2Cl)c1. The van der Waals surface area contributed by atoms with E-state index in [9.17, 15) is 0 Å². The lowest BCUT2D eigenvalue weighted by Gasteiger charge is -2.07. The summed E-state index contributed by atoms with van der Waals surface area (Å²) in [6.45, 7) is 0.793. The van der Waals surface area contributed by atoms with E-state index in [-0.39, 0.29) is 0 Å². The van der Waals surface area contributed by atoms with Crippen LogP contribution in [-0.4, -0.2) is 6.54 Å². The van der Waals surface area contributed by atoms with Crippen LogP contribution in [0.15, 0.2) is 48.5 Å². The summed E-state index contributed by atoms with van der Waals surface area (Å²) in [4.78, 5) is 0. The van der Waals surface area contributed by atoms with Crippen molar-refractivity contribution in [1.29, 1.82) is 0 Å². The number of hydrogen-bond acceptors (Lipinski definition) is 1. The summed E-state index contributed by atoms with van der Waals surface area (Å²) < 4.78 is 0. The van der Waals surface area contributed by atoms with Gasteiger partial charge in [0.1, 0.15) is 0 Å². The molecule has 1 aliphatic rings. The molecule has 1 aliphatic carbocycles. The van der Waals surface area contributed by atoms with Gasteiger partial charge in [0.15, 0.2) is 0 Å². The summed E-state index contributed by atoms with van der Waals surface area (Å²) >= 11 is 6.24. The van der Waals surface area contributed by atoms with Gasteiger partial charge < -0.3 is 5.73 Å². The Kier molecular flexibility index (Phi) is 3.11. The molecule has 2 aromatic rings. The van der Waals surface area contributed by atoms with Crippen molar-refractivity contribution < 1.29 is 0 Å². The van der Waals surface area contributed by atoms with E-state index < -0.39 is 0 Å². The highest BCUT2D eigenvalue weighted by Crippen LogP contribution is 2.47. The van der Waals surface area contributed by atoms with Crippen LogP contribution in [0.1, 0.15) is 17.9 Å². The third-order valence-electron chi connectivity index (χ3n) is 3.72. The van der Waals surface area contributed by atoms with Crippen LogP contribution < -0.4 is 5.73 Å². The van der Waals surface area contributed by atoms with Crippen molar-refractivity contribution in [3.8, 4) is 11.1 Å². The van der Waals surface area contributed by atoms with Gasteiger partial charge in [0.05, 0.1) is 0 Å². The fourth-order valence-electron chi connectivity index (χ4n) is 2.55. The minimum absolute atomic E-state index is 0.650. The van der Waals surface area contributed by atoms with Crippen LogP contribution in [0.3, 0.4) is 0 Å². The molecule has 2 atom stereocenters. The van der Waals surface area contributed by atoms with E-state index in [1.807, 2.05) is 18.2 Å². The smallest absolute Gasteiger partial charge is 0.0484 e. The largest absolute Gasteiger partial charge is 0.330 e. The summed E-state index contributed by atoms with van der Waals surface area (Å²) in [6, 6.07) is 16.7. The molecule has 1 fully saturated rings. The first-order valence-electron chi connectivity index (χ1n) is 6.34. The Labute approximate surface area is 113 Å². The number of rotatable bonds is 3. The van der Waals surface area contributed by atoms with Crippen LogP contribution in [0.2, 0.25) is 5.02 Å². The summed E-state index contributed by atoms with van der Waals surface area (Å²) in [5.74, 6) is 1.32. The van der Waals surface area contributed by atoms with E-state index in [1.54, 1.807) is 0 Å². The molecule has 0 radical (unpaired) electrons. The van der Waals surface area contributed by atoms with Gasteiger partial charge in [-0.1, -0.05) is 54.1 Å². The monoisotopic (exact) mass is 257 g/mol.